The molecule has 106 valence electrons. The van der Waals surface area contributed by atoms with Gasteiger partial charge in [0.25, 0.3) is 0 Å². The van der Waals surface area contributed by atoms with Gasteiger partial charge in [0.05, 0.1) is 13.2 Å². The van der Waals surface area contributed by atoms with Gasteiger partial charge in [-0.15, -0.1) is 0 Å². The van der Waals surface area contributed by atoms with Crippen LogP contribution in [0.5, 0.6) is 5.75 Å². The molecule has 0 spiro atoms. The Morgan fingerprint density at radius 1 is 1.25 bits per heavy atom. The van der Waals surface area contributed by atoms with Crippen LogP contribution in [0.1, 0.15) is 24.1 Å². The van der Waals surface area contributed by atoms with E-state index in [1.807, 2.05) is 30.3 Å². The average Bonchev–Trinajstić information content (AvgIpc) is 2.45. The third kappa shape index (κ3) is 3.54. The summed E-state index contributed by atoms with van der Waals surface area (Å²) < 4.78 is 6.26. The summed E-state index contributed by atoms with van der Waals surface area (Å²) in [4.78, 5) is 0. The van der Waals surface area contributed by atoms with E-state index < -0.39 is 0 Å². The number of rotatable bonds is 5. The lowest BCUT2D eigenvalue weighted by atomic mass is 9.98. The molecular weight excluding hydrogens is 338 g/mol. The lowest BCUT2D eigenvalue weighted by Gasteiger charge is -2.21. The fourth-order valence-electron chi connectivity index (χ4n) is 2.17. The summed E-state index contributed by atoms with van der Waals surface area (Å²) in [6.45, 7) is 2.96. The number of ether oxygens (including phenoxy) is 1. The summed E-state index contributed by atoms with van der Waals surface area (Å²) in [6, 6.07) is 14.0. The van der Waals surface area contributed by atoms with Crippen molar-refractivity contribution in [1.82, 2.24) is 5.32 Å². The van der Waals surface area contributed by atoms with Gasteiger partial charge >= 0.3 is 0 Å². The zero-order chi connectivity index (χ0) is 14.5. The van der Waals surface area contributed by atoms with Gasteiger partial charge in [0.1, 0.15) is 5.75 Å². The minimum absolute atomic E-state index is 0.0963. The number of hydrogen-bond acceptors (Lipinski definition) is 2. The van der Waals surface area contributed by atoms with Gasteiger partial charge in [0.2, 0.25) is 0 Å². The first-order valence-electron chi connectivity index (χ1n) is 6.48. The maximum atomic E-state index is 6.10. The van der Waals surface area contributed by atoms with Crippen molar-refractivity contribution >= 4 is 27.5 Å². The third-order valence-electron chi connectivity index (χ3n) is 3.11. The van der Waals surface area contributed by atoms with Gasteiger partial charge in [-0.25, -0.2) is 0 Å². The second kappa shape index (κ2) is 7.11. The molecule has 2 aromatic rings. The van der Waals surface area contributed by atoms with Crippen LogP contribution in [0.3, 0.4) is 0 Å². The second-order valence-electron chi connectivity index (χ2n) is 4.43. The summed E-state index contributed by atoms with van der Waals surface area (Å²) >= 11 is 9.73. The van der Waals surface area contributed by atoms with Crippen LogP contribution in [0.15, 0.2) is 46.9 Å². The Morgan fingerprint density at radius 2 is 2.05 bits per heavy atom. The van der Waals surface area contributed by atoms with Crippen molar-refractivity contribution in [1.29, 1.82) is 0 Å². The van der Waals surface area contributed by atoms with Crippen molar-refractivity contribution in [2.75, 3.05) is 13.7 Å². The van der Waals surface area contributed by atoms with Gasteiger partial charge in [-0.1, -0.05) is 52.7 Å². The number of benzene rings is 2. The molecule has 0 fully saturated rings. The second-order valence-corrected chi connectivity index (χ2v) is 5.72. The SMILES string of the molecule is CCNC(c1cccc(Cl)c1)c1ccc(OC)cc1Br. The molecule has 0 aliphatic rings. The van der Waals surface area contributed by atoms with Gasteiger partial charge in [-0.05, 0) is 41.9 Å². The first-order chi connectivity index (χ1) is 9.65. The Morgan fingerprint density at radius 3 is 2.65 bits per heavy atom. The van der Waals surface area contributed by atoms with Crippen LogP contribution in [0.4, 0.5) is 0 Å². The molecule has 0 aliphatic heterocycles. The van der Waals surface area contributed by atoms with Crippen LogP contribution in [0, 0.1) is 0 Å². The Kier molecular flexibility index (Phi) is 5.46. The normalized spacial score (nSPS) is 12.2. The van der Waals surface area contributed by atoms with E-state index in [1.165, 1.54) is 0 Å². The maximum absolute atomic E-state index is 6.10. The molecular formula is C16H17BrClNO. The fourth-order valence-corrected chi connectivity index (χ4v) is 2.95. The van der Waals surface area contributed by atoms with E-state index in [1.54, 1.807) is 7.11 Å². The lowest BCUT2D eigenvalue weighted by Crippen LogP contribution is -2.22. The van der Waals surface area contributed by atoms with Gasteiger partial charge in [0, 0.05) is 9.50 Å². The molecule has 2 rings (SSSR count). The van der Waals surface area contributed by atoms with Crippen LogP contribution in [0.25, 0.3) is 0 Å². The summed E-state index contributed by atoms with van der Waals surface area (Å²) in [5.41, 5.74) is 2.31. The molecule has 1 atom stereocenters. The molecule has 0 amide bonds. The number of nitrogens with one attached hydrogen (secondary N) is 1. The van der Waals surface area contributed by atoms with Gasteiger partial charge < -0.3 is 10.1 Å². The molecule has 1 unspecified atom stereocenters. The minimum atomic E-state index is 0.0963. The molecule has 2 nitrogen and oxygen atoms in total. The molecule has 0 aromatic heterocycles. The lowest BCUT2D eigenvalue weighted by molar-refractivity contribution is 0.414. The zero-order valence-electron chi connectivity index (χ0n) is 11.5. The summed E-state index contributed by atoms with van der Waals surface area (Å²) in [7, 11) is 1.67. The Hall–Kier alpha value is -1.03. The molecule has 1 N–H and O–H groups in total. The molecule has 0 saturated carbocycles. The number of methoxy groups -OCH3 is 1. The van der Waals surface area contributed by atoms with Crippen molar-refractivity contribution in [2.24, 2.45) is 0 Å². The highest BCUT2D eigenvalue weighted by atomic mass is 79.9. The topological polar surface area (TPSA) is 21.3 Å². The van der Waals surface area contributed by atoms with E-state index in [0.717, 1.165) is 32.9 Å². The van der Waals surface area contributed by atoms with Crippen LogP contribution < -0.4 is 10.1 Å². The predicted molar refractivity (Wildman–Crippen MR) is 87.7 cm³/mol. The van der Waals surface area contributed by atoms with Crippen molar-refractivity contribution in [3.05, 3.63) is 63.1 Å². The molecule has 0 radical (unpaired) electrons. The molecule has 2 aromatic carbocycles. The quantitative estimate of drug-likeness (QED) is 0.832. The Labute approximate surface area is 133 Å². The highest BCUT2D eigenvalue weighted by molar-refractivity contribution is 9.10. The van der Waals surface area contributed by atoms with Crippen molar-refractivity contribution in [3.63, 3.8) is 0 Å². The molecule has 0 bridgehead atoms. The van der Waals surface area contributed by atoms with Gasteiger partial charge in [0.15, 0.2) is 0 Å². The Balaban J connectivity index is 2.43. The van der Waals surface area contributed by atoms with E-state index in [0.29, 0.717) is 0 Å². The highest BCUT2D eigenvalue weighted by Crippen LogP contribution is 2.32. The summed E-state index contributed by atoms with van der Waals surface area (Å²) in [5.74, 6) is 0.835. The van der Waals surface area contributed by atoms with E-state index in [4.69, 9.17) is 16.3 Å². The number of hydrogen-bond donors (Lipinski definition) is 1. The third-order valence-corrected chi connectivity index (χ3v) is 4.03. The monoisotopic (exact) mass is 353 g/mol. The maximum Gasteiger partial charge on any atom is 0.120 e. The zero-order valence-corrected chi connectivity index (χ0v) is 13.8. The van der Waals surface area contributed by atoms with E-state index in [-0.39, 0.29) is 6.04 Å². The van der Waals surface area contributed by atoms with Crippen LogP contribution >= 0.6 is 27.5 Å². The Bertz CT molecular complexity index is 588. The van der Waals surface area contributed by atoms with Crippen LogP contribution in [-0.4, -0.2) is 13.7 Å². The molecule has 0 saturated heterocycles. The minimum Gasteiger partial charge on any atom is -0.497 e. The van der Waals surface area contributed by atoms with Crippen molar-refractivity contribution in [2.45, 2.75) is 13.0 Å². The first kappa shape index (κ1) is 15.4. The largest absolute Gasteiger partial charge is 0.497 e. The fraction of sp³-hybridized carbons (Fsp3) is 0.250. The smallest absolute Gasteiger partial charge is 0.120 e. The molecule has 0 heterocycles. The van der Waals surface area contributed by atoms with Crippen LogP contribution in [0.2, 0.25) is 5.02 Å². The van der Waals surface area contributed by atoms with E-state index in [9.17, 15) is 0 Å². The standard InChI is InChI=1S/C16H17BrClNO/c1-3-19-16(11-5-4-6-12(18)9-11)14-8-7-13(20-2)10-15(14)17/h4-10,16,19H,3H2,1-2H3. The van der Waals surface area contributed by atoms with Gasteiger partial charge in [-0.3, -0.25) is 0 Å². The molecule has 0 aliphatic carbocycles. The average molecular weight is 355 g/mol. The summed E-state index contributed by atoms with van der Waals surface area (Å²) in [5, 5.41) is 4.24. The van der Waals surface area contributed by atoms with E-state index in [2.05, 4.69) is 40.3 Å². The molecule has 20 heavy (non-hydrogen) atoms. The van der Waals surface area contributed by atoms with E-state index >= 15 is 0 Å². The number of halogens is 2. The van der Waals surface area contributed by atoms with Gasteiger partial charge in [-0.2, -0.15) is 0 Å². The molecule has 4 heteroatoms. The first-order valence-corrected chi connectivity index (χ1v) is 7.65. The highest BCUT2D eigenvalue weighted by Gasteiger charge is 2.16. The predicted octanol–water partition coefficient (Wildman–Crippen LogP) is 4.81. The van der Waals surface area contributed by atoms with Crippen molar-refractivity contribution < 1.29 is 4.74 Å². The van der Waals surface area contributed by atoms with Crippen LogP contribution in [-0.2, 0) is 0 Å². The van der Waals surface area contributed by atoms with Crippen molar-refractivity contribution in [3.8, 4) is 5.75 Å². The summed E-state index contributed by atoms with van der Waals surface area (Å²) in [6.07, 6.45) is 0.